The molecular formula is C11H16N2O2S. The van der Waals surface area contributed by atoms with E-state index in [9.17, 15) is 4.79 Å². The summed E-state index contributed by atoms with van der Waals surface area (Å²) in [5.74, 6) is -0.108. The number of thiazole rings is 1. The molecule has 0 radical (unpaired) electrons. The number of hydrogen-bond acceptors (Lipinski definition) is 4. The highest BCUT2D eigenvalue weighted by Gasteiger charge is 2.25. The molecule has 0 bridgehead atoms. The smallest absolute Gasteiger partial charge is 0.357 e. The molecule has 1 aromatic heterocycles. The lowest BCUT2D eigenvalue weighted by molar-refractivity contribution is 0.0692. The van der Waals surface area contributed by atoms with Crippen molar-refractivity contribution in [1.82, 2.24) is 4.98 Å². The van der Waals surface area contributed by atoms with Crippen LogP contribution in [0.3, 0.4) is 0 Å². The molecule has 1 heterocycles. The Morgan fingerprint density at radius 3 is 3.06 bits per heavy atom. The largest absolute Gasteiger partial charge is 0.476 e. The summed E-state index contributed by atoms with van der Waals surface area (Å²) >= 11 is 1.37. The van der Waals surface area contributed by atoms with E-state index >= 15 is 0 Å². The van der Waals surface area contributed by atoms with Crippen molar-refractivity contribution >= 4 is 22.3 Å². The minimum atomic E-state index is -0.954. The van der Waals surface area contributed by atoms with Crippen LogP contribution in [-0.4, -0.2) is 22.1 Å². The van der Waals surface area contributed by atoms with Crippen molar-refractivity contribution in [2.24, 2.45) is 5.92 Å². The summed E-state index contributed by atoms with van der Waals surface area (Å²) in [5, 5.41) is 12.9. The summed E-state index contributed by atoms with van der Waals surface area (Å²) < 4.78 is 0. The zero-order valence-electron chi connectivity index (χ0n) is 9.27. The molecule has 2 rings (SSSR count). The summed E-state index contributed by atoms with van der Waals surface area (Å²) in [6.45, 7) is 2.13. The average Bonchev–Trinajstić information content (AvgIpc) is 2.93. The fourth-order valence-electron chi connectivity index (χ4n) is 1.77. The fraction of sp³-hybridized carbons (Fsp3) is 0.636. The number of carboxylic acid groups (broad SMARTS) is 1. The second kappa shape index (κ2) is 4.82. The van der Waals surface area contributed by atoms with Crippen molar-refractivity contribution < 1.29 is 9.90 Å². The number of aromatic carboxylic acids is 1. The molecule has 0 amide bonds. The maximum absolute atomic E-state index is 10.9. The minimum absolute atomic E-state index is 0.152. The molecule has 0 aromatic carbocycles. The number of nitrogens with one attached hydrogen (secondary N) is 1. The van der Waals surface area contributed by atoms with Gasteiger partial charge in [-0.25, -0.2) is 9.78 Å². The Labute approximate surface area is 98.7 Å². The normalized spacial score (nSPS) is 17.1. The van der Waals surface area contributed by atoms with E-state index in [0.717, 1.165) is 18.8 Å². The van der Waals surface area contributed by atoms with Crippen LogP contribution in [-0.2, 0) is 0 Å². The van der Waals surface area contributed by atoms with Crippen molar-refractivity contribution in [3.8, 4) is 0 Å². The van der Waals surface area contributed by atoms with Crippen LogP contribution in [0.1, 0.15) is 43.1 Å². The number of carbonyl (C=O) groups is 1. The zero-order valence-corrected chi connectivity index (χ0v) is 10.1. The number of carboxylic acids is 1. The standard InChI is InChI=1S/C11H16N2O2S/c1-2-8(5-7-3-4-7)13-10-9(11(14)15)12-6-16-10/h6-8,13H,2-5H2,1H3,(H,14,15). The Morgan fingerprint density at radius 2 is 2.50 bits per heavy atom. The number of nitrogens with zero attached hydrogens (tertiary/aromatic N) is 1. The number of hydrogen-bond donors (Lipinski definition) is 2. The lowest BCUT2D eigenvalue weighted by atomic mass is 10.1. The molecule has 88 valence electrons. The number of anilines is 1. The van der Waals surface area contributed by atoms with Crippen LogP contribution in [0.2, 0.25) is 0 Å². The van der Waals surface area contributed by atoms with Gasteiger partial charge in [0.1, 0.15) is 5.00 Å². The van der Waals surface area contributed by atoms with Gasteiger partial charge in [-0.05, 0) is 18.8 Å². The Balaban J connectivity index is 1.99. The van der Waals surface area contributed by atoms with E-state index in [2.05, 4.69) is 17.2 Å². The van der Waals surface area contributed by atoms with E-state index in [1.165, 1.54) is 24.2 Å². The molecule has 1 aliphatic carbocycles. The van der Waals surface area contributed by atoms with Gasteiger partial charge >= 0.3 is 5.97 Å². The Hall–Kier alpha value is -1.10. The lowest BCUT2D eigenvalue weighted by Crippen LogP contribution is -2.19. The molecule has 0 saturated heterocycles. The third-order valence-electron chi connectivity index (χ3n) is 2.91. The molecule has 0 aliphatic heterocycles. The Morgan fingerprint density at radius 1 is 1.75 bits per heavy atom. The van der Waals surface area contributed by atoms with Crippen LogP contribution in [0.5, 0.6) is 0 Å². The van der Waals surface area contributed by atoms with Gasteiger partial charge in [0.15, 0.2) is 5.69 Å². The molecule has 0 spiro atoms. The first-order valence-corrected chi connectivity index (χ1v) is 6.52. The highest BCUT2D eigenvalue weighted by molar-refractivity contribution is 7.14. The van der Waals surface area contributed by atoms with Crippen molar-refractivity contribution in [3.05, 3.63) is 11.2 Å². The molecule has 1 saturated carbocycles. The molecule has 4 nitrogen and oxygen atoms in total. The number of aromatic nitrogens is 1. The fourth-order valence-corrected chi connectivity index (χ4v) is 2.52. The van der Waals surface area contributed by atoms with Gasteiger partial charge < -0.3 is 10.4 Å². The molecule has 1 aromatic rings. The van der Waals surface area contributed by atoms with Crippen molar-refractivity contribution in [2.45, 2.75) is 38.6 Å². The summed E-state index contributed by atoms with van der Waals surface area (Å²) in [6.07, 6.45) is 4.82. The van der Waals surface area contributed by atoms with Crippen LogP contribution in [0.4, 0.5) is 5.00 Å². The monoisotopic (exact) mass is 240 g/mol. The maximum Gasteiger partial charge on any atom is 0.357 e. The highest BCUT2D eigenvalue weighted by Crippen LogP contribution is 2.35. The van der Waals surface area contributed by atoms with Crippen molar-refractivity contribution in [2.75, 3.05) is 5.32 Å². The van der Waals surface area contributed by atoms with Crippen LogP contribution >= 0.6 is 11.3 Å². The topological polar surface area (TPSA) is 62.2 Å². The highest BCUT2D eigenvalue weighted by atomic mass is 32.1. The second-order valence-corrected chi connectivity index (χ2v) is 5.12. The summed E-state index contributed by atoms with van der Waals surface area (Å²) in [5.41, 5.74) is 1.73. The average molecular weight is 240 g/mol. The van der Waals surface area contributed by atoms with Crippen LogP contribution in [0, 0.1) is 5.92 Å². The molecular weight excluding hydrogens is 224 g/mol. The first-order chi connectivity index (χ1) is 7.70. The minimum Gasteiger partial charge on any atom is -0.476 e. The van der Waals surface area contributed by atoms with E-state index in [-0.39, 0.29) is 5.69 Å². The van der Waals surface area contributed by atoms with E-state index in [1.807, 2.05) is 0 Å². The first kappa shape index (κ1) is 11.4. The zero-order chi connectivity index (χ0) is 11.5. The van der Waals surface area contributed by atoms with E-state index in [0.29, 0.717) is 11.0 Å². The van der Waals surface area contributed by atoms with Crippen molar-refractivity contribution in [1.29, 1.82) is 0 Å². The predicted molar refractivity (Wildman–Crippen MR) is 64.1 cm³/mol. The Bertz CT molecular complexity index is 374. The first-order valence-electron chi connectivity index (χ1n) is 5.64. The van der Waals surface area contributed by atoms with Gasteiger partial charge in [-0.1, -0.05) is 19.8 Å². The predicted octanol–water partition coefficient (Wildman–Crippen LogP) is 2.83. The van der Waals surface area contributed by atoms with Crippen molar-refractivity contribution in [3.63, 3.8) is 0 Å². The van der Waals surface area contributed by atoms with Gasteiger partial charge in [-0.15, -0.1) is 11.3 Å². The molecule has 2 N–H and O–H groups in total. The van der Waals surface area contributed by atoms with Gasteiger partial charge in [-0.3, -0.25) is 0 Å². The van der Waals surface area contributed by atoms with Gasteiger partial charge in [0, 0.05) is 6.04 Å². The lowest BCUT2D eigenvalue weighted by Gasteiger charge is -2.16. The molecule has 16 heavy (non-hydrogen) atoms. The van der Waals surface area contributed by atoms with E-state index in [4.69, 9.17) is 5.11 Å². The third-order valence-corrected chi connectivity index (χ3v) is 3.67. The summed E-state index contributed by atoms with van der Waals surface area (Å²) in [6, 6.07) is 0.381. The molecule has 1 atom stereocenters. The van der Waals surface area contributed by atoms with E-state index in [1.54, 1.807) is 5.51 Å². The van der Waals surface area contributed by atoms with Crippen LogP contribution in [0.15, 0.2) is 5.51 Å². The van der Waals surface area contributed by atoms with Gasteiger partial charge in [0.25, 0.3) is 0 Å². The summed E-state index contributed by atoms with van der Waals surface area (Å²) in [4.78, 5) is 14.7. The summed E-state index contributed by atoms with van der Waals surface area (Å²) in [7, 11) is 0. The van der Waals surface area contributed by atoms with Crippen LogP contribution < -0.4 is 5.32 Å². The molecule has 5 heteroatoms. The Kier molecular flexibility index (Phi) is 3.43. The quantitative estimate of drug-likeness (QED) is 0.802. The van der Waals surface area contributed by atoms with Gasteiger partial charge in [-0.2, -0.15) is 0 Å². The SMILES string of the molecule is CCC(CC1CC1)Nc1scnc1C(=O)O. The van der Waals surface area contributed by atoms with Gasteiger partial charge in [0.2, 0.25) is 0 Å². The third kappa shape index (κ3) is 2.72. The molecule has 1 aliphatic rings. The number of rotatable bonds is 6. The molecule has 1 fully saturated rings. The molecule has 1 unspecified atom stereocenters. The van der Waals surface area contributed by atoms with Gasteiger partial charge in [0.05, 0.1) is 5.51 Å². The maximum atomic E-state index is 10.9. The second-order valence-electron chi connectivity index (χ2n) is 4.26. The van der Waals surface area contributed by atoms with Crippen LogP contribution in [0.25, 0.3) is 0 Å². The van der Waals surface area contributed by atoms with E-state index < -0.39 is 5.97 Å².